The van der Waals surface area contributed by atoms with Crippen LogP contribution in [0.15, 0.2) is 24.4 Å². The second-order valence-electron chi connectivity index (χ2n) is 3.55. The zero-order valence-electron chi connectivity index (χ0n) is 8.66. The largest absolute Gasteiger partial charge is 0.361 e. The van der Waals surface area contributed by atoms with Crippen LogP contribution < -0.4 is 11.2 Å². The minimum Gasteiger partial charge on any atom is -0.361 e. The van der Waals surface area contributed by atoms with E-state index in [0.717, 1.165) is 22.9 Å². The van der Waals surface area contributed by atoms with Gasteiger partial charge in [-0.1, -0.05) is 0 Å². The van der Waals surface area contributed by atoms with E-state index in [1.165, 1.54) is 0 Å². The summed E-state index contributed by atoms with van der Waals surface area (Å²) in [5, 5.41) is 9.52. The molecule has 1 aromatic heterocycles. The molecule has 0 radical (unpaired) electrons. The van der Waals surface area contributed by atoms with E-state index in [9.17, 15) is 4.79 Å². The average molecular weight is 219 g/mol. The molecule has 1 aromatic carbocycles. The number of hydrogen-bond acceptors (Lipinski definition) is 3. The molecule has 2 aromatic rings. The third-order valence-corrected chi connectivity index (χ3v) is 2.54. The summed E-state index contributed by atoms with van der Waals surface area (Å²) in [5.41, 5.74) is 9.57. The second-order valence-corrected chi connectivity index (χ2v) is 3.55. The molecule has 0 aliphatic carbocycles. The summed E-state index contributed by atoms with van der Waals surface area (Å²) in [4.78, 5) is 14.4. The number of nitrogens with two attached hydrogens (primary N) is 1. The van der Waals surface area contributed by atoms with Crippen molar-refractivity contribution in [3.05, 3.63) is 35.5 Å². The van der Waals surface area contributed by atoms with Crippen LogP contribution in [0.25, 0.3) is 10.9 Å². The molecular weight excluding hydrogens is 206 g/mol. The van der Waals surface area contributed by atoms with Crippen LogP contribution in [-0.4, -0.2) is 22.6 Å². The van der Waals surface area contributed by atoms with E-state index in [0.29, 0.717) is 12.1 Å². The van der Waals surface area contributed by atoms with Crippen molar-refractivity contribution in [3.8, 4) is 0 Å². The first-order valence-electron chi connectivity index (χ1n) is 5.00. The molecule has 1 amide bonds. The van der Waals surface area contributed by atoms with Crippen molar-refractivity contribution >= 4 is 16.8 Å². The van der Waals surface area contributed by atoms with Gasteiger partial charge in [-0.05, 0) is 36.7 Å². The van der Waals surface area contributed by atoms with Gasteiger partial charge in [-0.25, -0.2) is 5.48 Å². The van der Waals surface area contributed by atoms with E-state index < -0.39 is 5.91 Å². The Hall–Kier alpha value is -1.85. The molecule has 0 saturated heterocycles. The number of hydrogen-bond donors (Lipinski definition) is 4. The van der Waals surface area contributed by atoms with Gasteiger partial charge in [0.05, 0.1) is 0 Å². The molecule has 0 bridgehead atoms. The van der Waals surface area contributed by atoms with Crippen LogP contribution in [-0.2, 0) is 6.42 Å². The molecule has 16 heavy (non-hydrogen) atoms. The molecule has 0 saturated carbocycles. The summed E-state index contributed by atoms with van der Waals surface area (Å²) in [6.07, 6.45) is 2.64. The normalized spacial score (nSPS) is 10.6. The zero-order chi connectivity index (χ0) is 11.5. The van der Waals surface area contributed by atoms with Crippen molar-refractivity contribution in [1.29, 1.82) is 0 Å². The van der Waals surface area contributed by atoms with Crippen LogP contribution in [0.4, 0.5) is 0 Å². The molecule has 84 valence electrons. The molecule has 1 heterocycles. The molecule has 0 unspecified atom stereocenters. The summed E-state index contributed by atoms with van der Waals surface area (Å²) in [7, 11) is 0. The molecule has 0 aliphatic rings. The van der Waals surface area contributed by atoms with E-state index in [4.69, 9.17) is 10.9 Å². The number of benzene rings is 1. The lowest BCUT2D eigenvalue weighted by atomic mass is 10.1. The lowest BCUT2D eigenvalue weighted by molar-refractivity contribution is 0.0706. The Kier molecular flexibility index (Phi) is 2.89. The first-order chi connectivity index (χ1) is 7.76. The standard InChI is InChI=1S/C11H13N3O2/c12-4-3-8-6-13-10-2-1-7(5-9(8)10)11(15)14-16/h1-2,5-6,13,16H,3-4,12H2,(H,14,15). The fourth-order valence-electron chi connectivity index (χ4n) is 1.75. The van der Waals surface area contributed by atoms with Gasteiger partial charge in [0, 0.05) is 22.7 Å². The van der Waals surface area contributed by atoms with Gasteiger partial charge in [0.1, 0.15) is 0 Å². The first-order valence-corrected chi connectivity index (χ1v) is 5.00. The Balaban J connectivity index is 2.49. The number of aromatic amines is 1. The molecule has 0 atom stereocenters. The van der Waals surface area contributed by atoms with Crippen molar-refractivity contribution in [2.24, 2.45) is 5.73 Å². The van der Waals surface area contributed by atoms with Crippen LogP contribution in [0.5, 0.6) is 0 Å². The number of nitrogens with one attached hydrogen (secondary N) is 2. The fraction of sp³-hybridized carbons (Fsp3) is 0.182. The smallest absolute Gasteiger partial charge is 0.274 e. The lowest BCUT2D eigenvalue weighted by Gasteiger charge is -2.00. The van der Waals surface area contributed by atoms with Crippen LogP contribution in [0.1, 0.15) is 15.9 Å². The third-order valence-electron chi connectivity index (χ3n) is 2.54. The zero-order valence-corrected chi connectivity index (χ0v) is 8.66. The summed E-state index contributed by atoms with van der Waals surface area (Å²) in [5.74, 6) is -0.512. The fourth-order valence-corrected chi connectivity index (χ4v) is 1.75. The number of H-pyrrole nitrogens is 1. The van der Waals surface area contributed by atoms with Gasteiger partial charge in [0.15, 0.2) is 0 Å². The number of hydroxylamine groups is 1. The highest BCUT2D eigenvalue weighted by Gasteiger charge is 2.08. The van der Waals surface area contributed by atoms with Gasteiger partial charge in [0.25, 0.3) is 5.91 Å². The third kappa shape index (κ3) is 1.78. The molecule has 0 aliphatic heterocycles. The quantitative estimate of drug-likeness (QED) is 0.454. The SMILES string of the molecule is NCCc1c[nH]c2ccc(C(=O)NO)cc12. The maximum atomic E-state index is 11.3. The van der Waals surface area contributed by atoms with E-state index in [1.807, 2.05) is 6.20 Å². The summed E-state index contributed by atoms with van der Waals surface area (Å²) >= 11 is 0. The maximum absolute atomic E-state index is 11.3. The molecule has 0 fully saturated rings. The van der Waals surface area contributed by atoms with Crippen LogP contribution in [0, 0.1) is 0 Å². The van der Waals surface area contributed by atoms with E-state index in [2.05, 4.69) is 4.98 Å². The highest BCUT2D eigenvalue weighted by Crippen LogP contribution is 2.20. The maximum Gasteiger partial charge on any atom is 0.274 e. The summed E-state index contributed by atoms with van der Waals surface area (Å²) in [6, 6.07) is 5.19. The summed E-state index contributed by atoms with van der Waals surface area (Å²) < 4.78 is 0. The number of carbonyl (C=O) groups excluding carboxylic acids is 1. The predicted octanol–water partition coefficient (Wildman–Crippen LogP) is 0.788. The minimum atomic E-state index is -0.512. The predicted molar refractivity (Wildman–Crippen MR) is 60.3 cm³/mol. The van der Waals surface area contributed by atoms with Gasteiger partial charge >= 0.3 is 0 Å². The molecule has 5 N–H and O–H groups in total. The molecular formula is C11H13N3O2. The van der Waals surface area contributed by atoms with Crippen LogP contribution >= 0.6 is 0 Å². The van der Waals surface area contributed by atoms with Crippen molar-refractivity contribution in [3.63, 3.8) is 0 Å². The van der Waals surface area contributed by atoms with Crippen molar-refractivity contribution in [2.45, 2.75) is 6.42 Å². The van der Waals surface area contributed by atoms with Crippen LogP contribution in [0.2, 0.25) is 0 Å². The van der Waals surface area contributed by atoms with Crippen molar-refractivity contribution < 1.29 is 10.0 Å². The molecule has 5 nitrogen and oxygen atoms in total. The Labute approximate surface area is 92.2 Å². The van der Waals surface area contributed by atoms with Gasteiger partial charge in [-0.15, -0.1) is 0 Å². The van der Waals surface area contributed by atoms with Crippen LogP contribution in [0.3, 0.4) is 0 Å². The first kappa shape index (κ1) is 10.7. The highest BCUT2D eigenvalue weighted by molar-refractivity contribution is 5.98. The number of rotatable bonds is 3. The Morgan fingerprint density at radius 3 is 3.00 bits per heavy atom. The van der Waals surface area contributed by atoms with Crippen molar-refractivity contribution in [2.75, 3.05) is 6.54 Å². The average Bonchev–Trinajstić information content (AvgIpc) is 2.71. The van der Waals surface area contributed by atoms with E-state index in [-0.39, 0.29) is 0 Å². The van der Waals surface area contributed by atoms with Gasteiger partial charge in [-0.3, -0.25) is 10.0 Å². The Morgan fingerprint density at radius 2 is 2.31 bits per heavy atom. The lowest BCUT2D eigenvalue weighted by Crippen LogP contribution is -2.18. The molecule has 5 heteroatoms. The Bertz CT molecular complexity index is 519. The monoisotopic (exact) mass is 219 g/mol. The topological polar surface area (TPSA) is 91.1 Å². The number of amides is 1. The summed E-state index contributed by atoms with van der Waals surface area (Å²) in [6.45, 7) is 0.559. The van der Waals surface area contributed by atoms with Gasteiger partial charge in [0.2, 0.25) is 0 Å². The number of aromatic nitrogens is 1. The van der Waals surface area contributed by atoms with Gasteiger partial charge in [-0.2, -0.15) is 0 Å². The number of fused-ring (bicyclic) bond motifs is 1. The molecule has 0 spiro atoms. The molecule has 2 rings (SSSR count). The van der Waals surface area contributed by atoms with E-state index in [1.54, 1.807) is 23.7 Å². The van der Waals surface area contributed by atoms with Gasteiger partial charge < -0.3 is 10.7 Å². The minimum absolute atomic E-state index is 0.424. The van der Waals surface area contributed by atoms with Crippen molar-refractivity contribution in [1.82, 2.24) is 10.5 Å². The number of carbonyl (C=O) groups is 1. The Morgan fingerprint density at radius 1 is 1.50 bits per heavy atom. The highest BCUT2D eigenvalue weighted by atomic mass is 16.5. The van der Waals surface area contributed by atoms with E-state index >= 15 is 0 Å². The second kappa shape index (κ2) is 4.34.